The number of rotatable bonds is 5. The number of carbonyl (C=O) groups is 1. The van der Waals surface area contributed by atoms with Gasteiger partial charge in [0.25, 0.3) is 15.9 Å². The number of benzene rings is 3. The lowest BCUT2D eigenvalue weighted by Gasteiger charge is -2.22. The average Bonchev–Trinajstić information content (AvgIpc) is 3.22. The fourth-order valence-electron chi connectivity index (χ4n) is 4.17. The number of nitro groups is 1. The van der Waals surface area contributed by atoms with Crippen LogP contribution in [0.5, 0.6) is 5.75 Å². The van der Waals surface area contributed by atoms with Crippen LogP contribution in [0.15, 0.2) is 70.8 Å². The van der Waals surface area contributed by atoms with Crippen molar-refractivity contribution in [3.63, 3.8) is 0 Å². The molecule has 3 aromatic carbocycles. The molecule has 0 radical (unpaired) electrons. The van der Waals surface area contributed by atoms with Gasteiger partial charge in [0.05, 0.1) is 41.7 Å². The number of aliphatic imine (C=N–C) groups is 1. The summed E-state index contributed by atoms with van der Waals surface area (Å²) >= 11 is 0. The lowest BCUT2D eigenvalue weighted by atomic mass is 10.0. The van der Waals surface area contributed by atoms with Gasteiger partial charge < -0.3 is 15.4 Å². The molecular formula is C24H21N6O6S+. The maximum absolute atomic E-state index is 12.9. The molecule has 0 aromatic heterocycles. The SMILES string of the molecule is COc1cc(-c2ccc3c(c2)Nc2cc([N+]4(C)C=NC(S(N)(=O)=O)=C4)ccc2NC3=O)ccc1[N+](=O)[O-]. The number of nitrogens with one attached hydrogen (secondary N) is 2. The lowest BCUT2D eigenvalue weighted by Crippen LogP contribution is -2.35. The highest BCUT2D eigenvalue weighted by Gasteiger charge is 2.33. The van der Waals surface area contributed by atoms with E-state index in [0.717, 1.165) is 0 Å². The molecule has 1 unspecified atom stereocenters. The van der Waals surface area contributed by atoms with Gasteiger partial charge >= 0.3 is 5.69 Å². The smallest absolute Gasteiger partial charge is 0.310 e. The third-order valence-corrected chi connectivity index (χ3v) is 6.94. The number of nitrogens with zero attached hydrogens (tertiary/aromatic N) is 3. The van der Waals surface area contributed by atoms with Gasteiger partial charge in [0.1, 0.15) is 11.9 Å². The number of nitrogens with two attached hydrogens (primary N) is 1. The minimum absolute atomic E-state index is 0.0514. The summed E-state index contributed by atoms with van der Waals surface area (Å²) < 4.78 is 28.6. The van der Waals surface area contributed by atoms with Crippen molar-refractivity contribution in [2.45, 2.75) is 0 Å². The molecule has 0 spiro atoms. The molecule has 37 heavy (non-hydrogen) atoms. The van der Waals surface area contributed by atoms with Crippen LogP contribution in [0.25, 0.3) is 11.1 Å². The van der Waals surface area contributed by atoms with Crippen molar-refractivity contribution in [3.05, 3.63) is 81.5 Å². The first-order valence-electron chi connectivity index (χ1n) is 10.9. The lowest BCUT2D eigenvalue weighted by molar-refractivity contribution is -0.385. The average molecular weight is 522 g/mol. The van der Waals surface area contributed by atoms with Crippen LogP contribution in [-0.4, -0.2) is 39.7 Å². The molecule has 1 atom stereocenters. The van der Waals surface area contributed by atoms with Crippen LogP contribution in [0.4, 0.5) is 28.4 Å². The summed E-state index contributed by atoms with van der Waals surface area (Å²) in [6, 6.07) is 15.0. The number of quaternary nitrogens is 1. The van der Waals surface area contributed by atoms with Crippen LogP contribution in [0, 0.1) is 10.1 Å². The number of amides is 1. The zero-order valence-corrected chi connectivity index (χ0v) is 20.4. The predicted octanol–water partition coefficient (Wildman–Crippen LogP) is 3.65. The first-order valence-corrected chi connectivity index (χ1v) is 12.4. The number of methoxy groups -OCH3 is 1. The van der Waals surface area contributed by atoms with Gasteiger partial charge in [-0.05, 0) is 41.5 Å². The molecule has 0 saturated carbocycles. The largest absolute Gasteiger partial charge is 0.490 e. The van der Waals surface area contributed by atoms with Crippen LogP contribution in [0.2, 0.25) is 0 Å². The maximum atomic E-state index is 12.9. The van der Waals surface area contributed by atoms with Crippen molar-refractivity contribution >= 4 is 50.7 Å². The summed E-state index contributed by atoms with van der Waals surface area (Å²) in [7, 11) is -0.864. The molecule has 0 bridgehead atoms. The van der Waals surface area contributed by atoms with E-state index in [1.165, 1.54) is 25.7 Å². The number of anilines is 3. The number of primary sulfonamides is 1. The zero-order chi connectivity index (χ0) is 26.5. The first-order chi connectivity index (χ1) is 17.5. The van der Waals surface area contributed by atoms with Crippen LogP contribution < -0.4 is 25.0 Å². The molecule has 5 rings (SSSR count). The highest BCUT2D eigenvalue weighted by Crippen LogP contribution is 2.39. The summed E-state index contributed by atoms with van der Waals surface area (Å²) in [6.07, 6.45) is 2.87. The molecule has 4 N–H and O–H groups in total. The van der Waals surface area contributed by atoms with E-state index in [1.54, 1.807) is 55.6 Å². The highest BCUT2D eigenvalue weighted by atomic mass is 32.2. The van der Waals surface area contributed by atoms with Gasteiger partial charge in [-0.2, -0.15) is 4.99 Å². The summed E-state index contributed by atoms with van der Waals surface area (Å²) in [5.74, 6) is -0.198. The molecule has 1 amide bonds. The fraction of sp³-hybridized carbons (Fsp3) is 0.0833. The summed E-state index contributed by atoms with van der Waals surface area (Å²) in [4.78, 5) is 27.6. The minimum Gasteiger partial charge on any atom is -0.490 e. The van der Waals surface area contributed by atoms with Gasteiger partial charge in [-0.3, -0.25) is 14.9 Å². The standard InChI is InChI=1S/C24H20N6O6S/c1-30(12-23(26-13-30)37(25,34)35)16-5-7-18-20(11-16)27-19-9-14(3-6-17(19)24(31)28-18)15-4-8-21(29(32)33)22(10-15)36-2/h3-13H,1-2H3,(H3-,25,27,28,31,34,35)/p+1. The van der Waals surface area contributed by atoms with E-state index in [0.29, 0.717) is 39.4 Å². The van der Waals surface area contributed by atoms with Crippen LogP contribution >= 0.6 is 0 Å². The fourth-order valence-corrected chi connectivity index (χ4v) is 4.73. The van der Waals surface area contributed by atoms with Crippen molar-refractivity contribution in [1.29, 1.82) is 0 Å². The van der Waals surface area contributed by atoms with E-state index in [4.69, 9.17) is 9.88 Å². The number of hydrogen-bond acceptors (Lipinski definition) is 8. The van der Waals surface area contributed by atoms with Crippen molar-refractivity contribution in [2.24, 2.45) is 10.1 Å². The van der Waals surface area contributed by atoms with Crippen molar-refractivity contribution in [3.8, 4) is 16.9 Å². The minimum atomic E-state index is -3.97. The Bertz CT molecular complexity index is 1670. The third-order valence-electron chi connectivity index (χ3n) is 6.15. The second kappa shape index (κ2) is 8.51. The number of fused-ring (bicyclic) bond motifs is 2. The van der Waals surface area contributed by atoms with E-state index in [-0.39, 0.29) is 26.9 Å². The molecular weight excluding hydrogens is 500 g/mol. The van der Waals surface area contributed by atoms with E-state index < -0.39 is 14.9 Å². The Kier molecular flexibility index (Phi) is 5.55. The molecule has 188 valence electrons. The van der Waals surface area contributed by atoms with Gasteiger partial charge in [0, 0.05) is 18.2 Å². The molecule has 2 aliphatic heterocycles. The van der Waals surface area contributed by atoms with E-state index >= 15 is 0 Å². The second-order valence-corrected chi connectivity index (χ2v) is 10.1. The summed E-state index contributed by atoms with van der Waals surface area (Å²) in [5, 5.41) is 22.4. The summed E-state index contributed by atoms with van der Waals surface area (Å²) in [5.41, 5.74) is 3.91. The number of carbonyl (C=O) groups excluding carboxylic acids is 1. The Labute approximate surface area is 211 Å². The van der Waals surface area contributed by atoms with Crippen molar-refractivity contribution in [2.75, 3.05) is 24.8 Å². The maximum Gasteiger partial charge on any atom is 0.310 e. The highest BCUT2D eigenvalue weighted by molar-refractivity contribution is 7.93. The number of hydrogen-bond donors (Lipinski definition) is 3. The molecule has 12 nitrogen and oxygen atoms in total. The van der Waals surface area contributed by atoms with Gasteiger partial charge in [-0.25, -0.2) is 18.0 Å². The zero-order valence-electron chi connectivity index (χ0n) is 19.6. The predicted molar refractivity (Wildman–Crippen MR) is 140 cm³/mol. The third kappa shape index (κ3) is 4.31. The van der Waals surface area contributed by atoms with Crippen LogP contribution in [-0.2, 0) is 10.0 Å². The monoisotopic (exact) mass is 521 g/mol. The first kappa shape index (κ1) is 24.1. The van der Waals surface area contributed by atoms with E-state index in [1.807, 2.05) is 0 Å². The topological polar surface area (TPSA) is 166 Å². The Hall–Kier alpha value is -4.59. The Balaban J connectivity index is 1.55. The van der Waals surface area contributed by atoms with E-state index in [2.05, 4.69) is 15.6 Å². The Morgan fingerprint density at radius 1 is 1.00 bits per heavy atom. The molecule has 0 fully saturated rings. The number of sulfonamides is 1. The number of ether oxygens (including phenoxy) is 1. The van der Waals surface area contributed by atoms with Crippen LogP contribution in [0.3, 0.4) is 0 Å². The van der Waals surface area contributed by atoms with E-state index in [9.17, 15) is 23.3 Å². The molecule has 13 heteroatoms. The van der Waals surface area contributed by atoms with Gasteiger partial charge in [-0.1, -0.05) is 6.07 Å². The second-order valence-electron chi connectivity index (χ2n) is 8.62. The van der Waals surface area contributed by atoms with Gasteiger partial charge in [0.2, 0.25) is 11.4 Å². The van der Waals surface area contributed by atoms with Crippen molar-refractivity contribution in [1.82, 2.24) is 4.48 Å². The molecule has 2 heterocycles. The van der Waals surface area contributed by atoms with Gasteiger partial charge in [-0.15, -0.1) is 0 Å². The van der Waals surface area contributed by atoms with Gasteiger partial charge in [0.15, 0.2) is 5.75 Å². The molecule has 2 aliphatic rings. The number of nitro benzene ring substituents is 1. The Morgan fingerprint density at radius 2 is 1.73 bits per heavy atom. The normalized spacial score (nSPS) is 18.1. The molecule has 3 aromatic rings. The Morgan fingerprint density at radius 3 is 2.41 bits per heavy atom. The molecule has 0 aliphatic carbocycles. The molecule has 0 saturated heterocycles. The quantitative estimate of drug-likeness (QED) is 0.262. The van der Waals surface area contributed by atoms with Crippen LogP contribution in [0.1, 0.15) is 10.4 Å². The van der Waals surface area contributed by atoms with Crippen molar-refractivity contribution < 1.29 is 22.9 Å². The summed E-state index contributed by atoms with van der Waals surface area (Å²) in [6.45, 7) is 0.